The Kier molecular flexibility index (Phi) is 19.8. The second kappa shape index (κ2) is 20.7. The number of rotatable bonds is 17. The second-order valence-corrected chi connectivity index (χ2v) is 8.20. The summed E-state index contributed by atoms with van der Waals surface area (Å²) in [5.41, 5.74) is 0. The molecule has 0 amide bonds. The number of ether oxygens (including phenoxy) is 2. The number of hydrogen-bond acceptors (Lipinski definition) is 7. The van der Waals surface area contributed by atoms with Gasteiger partial charge in [-0.05, 0) is 13.0 Å². The summed E-state index contributed by atoms with van der Waals surface area (Å²) in [6.07, 6.45) is 12.6. The molecule has 0 aromatic heterocycles. The van der Waals surface area contributed by atoms with E-state index in [1.807, 2.05) is 0 Å². The molecule has 0 saturated carbocycles. The Morgan fingerprint density at radius 2 is 1.45 bits per heavy atom. The first-order valence-corrected chi connectivity index (χ1v) is 11.9. The van der Waals surface area contributed by atoms with Crippen molar-refractivity contribution in [1.82, 2.24) is 0 Å². The van der Waals surface area contributed by atoms with Crippen LogP contribution in [0.4, 0.5) is 0 Å². The largest absolute Gasteiger partial charge is 0.457 e. The summed E-state index contributed by atoms with van der Waals surface area (Å²) in [6.45, 7) is 4.48. The van der Waals surface area contributed by atoms with E-state index in [0.29, 0.717) is 6.42 Å². The van der Waals surface area contributed by atoms with E-state index in [0.717, 1.165) is 19.3 Å². The van der Waals surface area contributed by atoms with Crippen LogP contribution in [0.1, 0.15) is 96.8 Å². The quantitative estimate of drug-likeness (QED) is 0.179. The second-order valence-electron chi connectivity index (χ2n) is 8.20. The van der Waals surface area contributed by atoms with E-state index in [4.69, 9.17) is 14.3 Å². The van der Waals surface area contributed by atoms with Crippen molar-refractivity contribution in [1.29, 1.82) is 0 Å². The molecule has 1 fully saturated rings. The fraction of sp³-hybridized carbons (Fsp3) is 0.875. The fourth-order valence-electron chi connectivity index (χ4n) is 3.68. The average molecular weight is 445 g/mol. The van der Waals surface area contributed by atoms with Crippen LogP contribution in [0.3, 0.4) is 0 Å². The van der Waals surface area contributed by atoms with Gasteiger partial charge in [-0.2, -0.15) is 0 Å². The molecule has 1 heterocycles. The smallest absolute Gasteiger partial charge is 0.306 e. The number of hydrogen-bond donors (Lipinski definition) is 3. The molecule has 1 aliphatic heterocycles. The molecule has 7 nitrogen and oxygen atoms in total. The van der Waals surface area contributed by atoms with Crippen LogP contribution >= 0.6 is 0 Å². The molecule has 0 spiro atoms. The van der Waals surface area contributed by atoms with Crippen molar-refractivity contribution in [3.63, 3.8) is 0 Å². The SMILES string of the molecule is C=C=O.CCCCCCCCCCCCCCCC(=O)O[C@H](CO)[C@H]1OC[C@H](O)[C@H]1O. The molecule has 0 radical (unpaired) electrons. The summed E-state index contributed by atoms with van der Waals surface area (Å²) in [7, 11) is 0. The van der Waals surface area contributed by atoms with Crippen molar-refractivity contribution >= 4 is 11.9 Å². The average Bonchev–Trinajstić information content (AvgIpc) is 3.08. The maximum atomic E-state index is 11.9. The third kappa shape index (κ3) is 15.2. The van der Waals surface area contributed by atoms with E-state index in [1.54, 1.807) is 0 Å². The minimum absolute atomic E-state index is 0.0151. The predicted molar refractivity (Wildman–Crippen MR) is 120 cm³/mol. The standard InChI is InChI=1S/C22H42O6.C2H2O/c1-2-3-4-5-6-7-8-9-10-11-12-13-14-15-20(25)28-19(16-23)22-21(26)18(24)17-27-22;1-2-3/h18-19,21-24,26H,2-17H2,1H3;1H2/t18-,19+,21+,22+;/m0./s1. The minimum Gasteiger partial charge on any atom is -0.457 e. The Morgan fingerprint density at radius 1 is 1.00 bits per heavy atom. The van der Waals surface area contributed by atoms with Gasteiger partial charge in [-0.15, -0.1) is 0 Å². The molecule has 3 N–H and O–H groups in total. The summed E-state index contributed by atoms with van der Waals surface area (Å²) in [5, 5.41) is 28.7. The molecule has 31 heavy (non-hydrogen) atoms. The van der Waals surface area contributed by atoms with Crippen molar-refractivity contribution < 1.29 is 34.4 Å². The lowest BCUT2D eigenvalue weighted by molar-refractivity contribution is -0.162. The van der Waals surface area contributed by atoms with Crippen molar-refractivity contribution in [2.24, 2.45) is 0 Å². The maximum absolute atomic E-state index is 11.9. The van der Waals surface area contributed by atoms with Crippen LogP contribution in [0.5, 0.6) is 0 Å². The molecule has 182 valence electrons. The van der Waals surface area contributed by atoms with E-state index >= 15 is 0 Å². The monoisotopic (exact) mass is 444 g/mol. The lowest BCUT2D eigenvalue weighted by Gasteiger charge is -2.24. The van der Waals surface area contributed by atoms with Crippen LogP contribution in [0.2, 0.25) is 0 Å². The highest BCUT2D eigenvalue weighted by Crippen LogP contribution is 2.20. The van der Waals surface area contributed by atoms with E-state index in [2.05, 4.69) is 13.5 Å². The summed E-state index contributed by atoms with van der Waals surface area (Å²) < 4.78 is 10.4. The van der Waals surface area contributed by atoms with Gasteiger partial charge in [0, 0.05) is 6.42 Å². The molecule has 7 heteroatoms. The zero-order valence-corrected chi connectivity index (χ0v) is 19.3. The first kappa shape index (κ1) is 29.8. The first-order chi connectivity index (χ1) is 15.0. The molecule has 0 bridgehead atoms. The van der Waals surface area contributed by atoms with Crippen LogP contribution in [-0.4, -0.2) is 64.9 Å². The van der Waals surface area contributed by atoms with Gasteiger partial charge < -0.3 is 24.8 Å². The molecule has 4 atom stereocenters. The highest BCUT2D eigenvalue weighted by Gasteiger charge is 2.41. The van der Waals surface area contributed by atoms with Gasteiger partial charge in [0.25, 0.3) is 0 Å². The molecular weight excluding hydrogens is 400 g/mol. The van der Waals surface area contributed by atoms with Gasteiger partial charge in [0.15, 0.2) is 6.10 Å². The number of aliphatic hydroxyl groups excluding tert-OH is 3. The van der Waals surface area contributed by atoms with Gasteiger partial charge in [-0.25, -0.2) is 4.79 Å². The molecule has 0 aliphatic carbocycles. The van der Waals surface area contributed by atoms with Crippen LogP contribution in [0, 0.1) is 0 Å². The normalized spacial score (nSPS) is 21.1. The predicted octanol–water partition coefficient (Wildman–Crippen LogP) is 3.50. The van der Waals surface area contributed by atoms with Crippen molar-refractivity contribution in [2.75, 3.05) is 13.2 Å². The fourth-order valence-corrected chi connectivity index (χ4v) is 3.68. The van der Waals surface area contributed by atoms with Crippen LogP contribution in [-0.2, 0) is 19.1 Å². The Labute approximate surface area is 187 Å². The lowest BCUT2D eigenvalue weighted by Crippen LogP contribution is -2.43. The number of esters is 1. The molecule has 0 aromatic rings. The molecular formula is C24H44O7. The summed E-state index contributed by atoms with van der Waals surface area (Å²) in [5.74, 6) is 0.860. The van der Waals surface area contributed by atoms with Crippen LogP contribution in [0.15, 0.2) is 6.58 Å². The highest BCUT2D eigenvalue weighted by molar-refractivity contribution is 5.69. The number of aliphatic hydroxyl groups is 3. The minimum atomic E-state index is -1.14. The number of carbonyl (C=O) groups excluding carboxylic acids is 2. The van der Waals surface area contributed by atoms with Crippen LogP contribution in [0.25, 0.3) is 0 Å². The van der Waals surface area contributed by atoms with Crippen molar-refractivity contribution in [3.8, 4) is 0 Å². The molecule has 0 unspecified atom stereocenters. The van der Waals surface area contributed by atoms with E-state index in [1.165, 1.54) is 70.1 Å². The first-order valence-electron chi connectivity index (χ1n) is 11.9. The summed E-state index contributed by atoms with van der Waals surface area (Å²) >= 11 is 0. The van der Waals surface area contributed by atoms with Gasteiger partial charge in [0.1, 0.15) is 24.3 Å². The Hall–Kier alpha value is -1.24. The summed E-state index contributed by atoms with van der Waals surface area (Å²) in [4.78, 5) is 20.5. The molecule has 1 saturated heterocycles. The van der Waals surface area contributed by atoms with Gasteiger partial charge in [-0.1, -0.05) is 84.0 Å². The Balaban J connectivity index is 0.00000282. The van der Waals surface area contributed by atoms with Crippen molar-refractivity contribution in [2.45, 2.75) is 121 Å². The topological polar surface area (TPSA) is 113 Å². The number of carbonyl (C=O) groups is 1. The van der Waals surface area contributed by atoms with E-state index in [9.17, 15) is 20.1 Å². The zero-order valence-electron chi connectivity index (χ0n) is 19.3. The molecule has 1 rings (SSSR count). The van der Waals surface area contributed by atoms with Gasteiger partial charge in [0.05, 0.1) is 13.2 Å². The third-order valence-corrected chi connectivity index (χ3v) is 5.50. The van der Waals surface area contributed by atoms with Gasteiger partial charge in [0.2, 0.25) is 0 Å². The van der Waals surface area contributed by atoms with Gasteiger partial charge >= 0.3 is 5.97 Å². The van der Waals surface area contributed by atoms with Crippen LogP contribution < -0.4 is 0 Å². The molecule has 1 aliphatic rings. The van der Waals surface area contributed by atoms with Crippen molar-refractivity contribution in [3.05, 3.63) is 6.58 Å². The Bertz CT molecular complexity index is 463. The Morgan fingerprint density at radius 3 is 1.84 bits per heavy atom. The summed E-state index contributed by atoms with van der Waals surface area (Å²) in [6, 6.07) is 0. The molecule has 0 aromatic carbocycles. The third-order valence-electron chi connectivity index (χ3n) is 5.50. The zero-order chi connectivity index (χ0) is 23.3. The van der Waals surface area contributed by atoms with Gasteiger partial charge in [-0.3, -0.25) is 4.79 Å². The van der Waals surface area contributed by atoms with E-state index in [-0.39, 0.29) is 12.6 Å². The maximum Gasteiger partial charge on any atom is 0.306 e. The highest BCUT2D eigenvalue weighted by atomic mass is 16.6. The van der Waals surface area contributed by atoms with E-state index < -0.39 is 31.0 Å². The lowest BCUT2D eigenvalue weighted by atomic mass is 10.0. The number of unbranched alkanes of at least 4 members (excludes halogenated alkanes) is 12.